The van der Waals surface area contributed by atoms with E-state index < -0.39 is 17.2 Å². The quantitative estimate of drug-likeness (QED) is 0.482. The first-order valence-electron chi connectivity index (χ1n) is 9.26. The van der Waals surface area contributed by atoms with Gasteiger partial charge >= 0.3 is 5.69 Å². The zero-order valence-electron chi connectivity index (χ0n) is 16.8. The lowest BCUT2D eigenvalue weighted by atomic mass is 10.2. The van der Waals surface area contributed by atoms with Crippen molar-refractivity contribution in [3.8, 4) is 5.75 Å². The largest absolute Gasteiger partial charge is 0.491 e. The number of carbonyl (C=O) groups is 1. The van der Waals surface area contributed by atoms with Crippen molar-refractivity contribution in [3.63, 3.8) is 0 Å². The molecule has 0 fully saturated rings. The maximum atomic E-state index is 12.5. The van der Waals surface area contributed by atoms with Gasteiger partial charge in [-0.1, -0.05) is 12.1 Å². The smallest absolute Gasteiger partial charge is 0.332 e. The first-order chi connectivity index (χ1) is 13.9. The Labute approximate surface area is 168 Å². The summed E-state index contributed by atoms with van der Waals surface area (Å²) in [7, 11) is 1.59. The average Bonchev–Trinajstić information content (AvgIpc) is 2.71. The Hall–Kier alpha value is -3.33. The van der Waals surface area contributed by atoms with E-state index in [2.05, 4.69) is 5.32 Å². The molecule has 156 valence electrons. The van der Waals surface area contributed by atoms with E-state index in [1.165, 1.54) is 10.6 Å². The van der Waals surface area contributed by atoms with Gasteiger partial charge in [-0.15, -0.1) is 0 Å². The monoisotopic (exact) mass is 402 g/mol. The van der Waals surface area contributed by atoms with Gasteiger partial charge in [-0.05, 0) is 37.6 Å². The van der Waals surface area contributed by atoms with E-state index >= 15 is 0 Å². The Balaban J connectivity index is 2.20. The second-order valence-corrected chi connectivity index (χ2v) is 6.07. The van der Waals surface area contributed by atoms with Crippen molar-refractivity contribution >= 4 is 23.5 Å². The molecule has 1 aromatic heterocycles. The molecule has 0 aliphatic carbocycles. The number of methoxy groups -OCH3 is 1. The highest BCUT2D eigenvalue weighted by atomic mass is 16.5. The van der Waals surface area contributed by atoms with E-state index in [-0.39, 0.29) is 24.6 Å². The normalized spacial score (nSPS) is 11.0. The fourth-order valence-electron chi connectivity index (χ4n) is 2.70. The molecule has 0 spiro atoms. The Morgan fingerprint density at radius 3 is 2.55 bits per heavy atom. The third-order valence-electron chi connectivity index (χ3n) is 4.19. The molecule has 9 heteroatoms. The summed E-state index contributed by atoms with van der Waals surface area (Å²) in [6.07, 6.45) is 2.87. The van der Waals surface area contributed by atoms with Crippen LogP contribution in [0.2, 0.25) is 0 Å². The van der Waals surface area contributed by atoms with Crippen LogP contribution in [0.1, 0.15) is 19.4 Å². The number of nitrogens with two attached hydrogens (primary N) is 1. The number of carbonyl (C=O) groups excluding carboxylic acids is 1. The highest BCUT2D eigenvalue weighted by Gasteiger charge is 2.16. The fourth-order valence-corrected chi connectivity index (χ4v) is 2.70. The minimum Gasteiger partial charge on any atom is -0.491 e. The zero-order valence-corrected chi connectivity index (χ0v) is 16.8. The summed E-state index contributed by atoms with van der Waals surface area (Å²) in [6.45, 7) is 4.74. The Kier molecular flexibility index (Phi) is 7.79. The number of benzene rings is 1. The molecule has 0 unspecified atom stereocenters. The molecule has 0 atom stereocenters. The van der Waals surface area contributed by atoms with Gasteiger partial charge in [-0.2, -0.15) is 0 Å². The van der Waals surface area contributed by atoms with Crippen molar-refractivity contribution in [2.45, 2.75) is 26.9 Å². The molecule has 3 N–H and O–H groups in total. The third-order valence-corrected chi connectivity index (χ3v) is 4.19. The summed E-state index contributed by atoms with van der Waals surface area (Å²) >= 11 is 0. The van der Waals surface area contributed by atoms with Crippen LogP contribution in [0.4, 0.5) is 11.5 Å². The number of amides is 1. The van der Waals surface area contributed by atoms with E-state index in [4.69, 9.17) is 15.2 Å². The molecule has 0 aliphatic heterocycles. The predicted octanol–water partition coefficient (Wildman–Crippen LogP) is 1.31. The van der Waals surface area contributed by atoms with Crippen LogP contribution in [0, 0.1) is 0 Å². The average molecular weight is 402 g/mol. The highest BCUT2D eigenvalue weighted by molar-refractivity contribution is 6.03. The number of rotatable bonds is 9. The lowest BCUT2D eigenvalue weighted by Gasteiger charge is -2.14. The molecule has 2 aromatic rings. The maximum absolute atomic E-state index is 12.5. The summed E-state index contributed by atoms with van der Waals surface area (Å²) < 4.78 is 12.7. The van der Waals surface area contributed by atoms with Crippen LogP contribution >= 0.6 is 0 Å². The first kappa shape index (κ1) is 22.0. The molecule has 1 amide bonds. The molecule has 1 heterocycles. The molecule has 0 radical (unpaired) electrons. The van der Waals surface area contributed by atoms with Gasteiger partial charge in [0.2, 0.25) is 5.91 Å². The molecule has 9 nitrogen and oxygen atoms in total. The summed E-state index contributed by atoms with van der Waals surface area (Å²) in [4.78, 5) is 37.1. The molecule has 0 aliphatic rings. The summed E-state index contributed by atoms with van der Waals surface area (Å²) in [5.41, 5.74) is 5.44. The number of nitrogen functional groups attached to an aromatic ring is 1. The minimum atomic E-state index is -0.630. The van der Waals surface area contributed by atoms with Gasteiger partial charge in [-0.3, -0.25) is 18.7 Å². The van der Waals surface area contributed by atoms with Gasteiger partial charge in [0.15, 0.2) is 0 Å². The highest BCUT2D eigenvalue weighted by Crippen LogP contribution is 2.15. The summed E-state index contributed by atoms with van der Waals surface area (Å²) in [5.74, 6) is 0.0423. The van der Waals surface area contributed by atoms with Crippen LogP contribution in [0.3, 0.4) is 0 Å². The van der Waals surface area contributed by atoms with E-state index in [9.17, 15) is 14.4 Å². The summed E-state index contributed by atoms with van der Waals surface area (Å²) in [6, 6.07) is 7.18. The standard InChI is InChI=1S/C20H26N4O5/c1-4-23-18(21)17(19(26)24(5-2)20(23)27)22-16(25)10-9-14-7-6-8-15(13-14)29-12-11-28-3/h6-10,13H,4-5,11-12,21H2,1-3H3,(H,22,25)/b10-9+. The topological polar surface area (TPSA) is 118 Å². The van der Waals surface area contributed by atoms with Gasteiger partial charge in [0.05, 0.1) is 6.61 Å². The van der Waals surface area contributed by atoms with Crippen LogP contribution in [0.15, 0.2) is 39.9 Å². The molecule has 0 bridgehead atoms. The number of ether oxygens (including phenoxy) is 2. The Morgan fingerprint density at radius 2 is 1.90 bits per heavy atom. The number of nitrogens with zero attached hydrogens (tertiary/aromatic N) is 2. The minimum absolute atomic E-state index is 0.0671. The lowest BCUT2D eigenvalue weighted by Crippen LogP contribution is -2.42. The summed E-state index contributed by atoms with van der Waals surface area (Å²) in [5, 5.41) is 2.49. The number of anilines is 2. The van der Waals surface area contributed by atoms with Crippen molar-refractivity contribution in [2.24, 2.45) is 0 Å². The van der Waals surface area contributed by atoms with Crippen molar-refractivity contribution in [1.29, 1.82) is 0 Å². The van der Waals surface area contributed by atoms with Crippen LogP contribution < -0.4 is 27.0 Å². The van der Waals surface area contributed by atoms with Gasteiger partial charge in [0.1, 0.15) is 23.9 Å². The molecular formula is C20H26N4O5. The van der Waals surface area contributed by atoms with Crippen LogP contribution in [0.5, 0.6) is 5.75 Å². The molecule has 0 saturated heterocycles. The van der Waals surface area contributed by atoms with Crippen LogP contribution in [0.25, 0.3) is 6.08 Å². The zero-order chi connectivity index (χ0) is 21.4. The second kappa shape index (κ2) is 10.3. The lowest BCUT2D eigenvalue weighted by molar-refractivity contribution is -0.111. The SMILES string of the molecule is CCn1c(N)c(NC(=O)/C=C/c2cccc(OCCOC)c2)c(=O)n(CC)c1=O. The van der Waals surface area contributed by atoms with Crippen molar-refractivity contribution < 1.29 is 14.3 Å². The molecule has 0 saturated carbocycles. The maximum Gasteiger partial charge on any atom is 0.332 e. The number of nitrogens with one attached hydrogen (secondary N) is 1. The molecule has 2 rings (SSSR count). The number of hydrogen-bond donors (Lipinski definition) is 2. The first-order valence-corrected chi connectivity index (χ1v) is 9.26. The number of hydrogen-bond acceptors (Lipinski definition) is 6. The van der Waals surface area contributed by atoms with E-state index in [1.807, 2.05) is 6.07 Å². The molecule has 1 aromatic carbocycles. The van der Waals surface area contributed by atoms with Crippen molar-refractivity contribution in [1.82, 2.24) is 9.13 Å². The predicted molar refractivity (Wildman–Crippen MR) is 112 cm³/mol. The number of aromatic nitrogens is 2. The van der Waals surface area contributed by atoms with Crippen molar-refractivity contribution in [2.75, 3.05) is 31.4 Å². The van der Waals surface area contributed by atoms with Gasteiger partial charge in [-0.25, -0.2) is 4.79 Å². The Morgan fingerprint density at radius 1 is 1.17 bits per heavy atom. The van der Waals surface area contributed by atoms with Crippen molar-refractivity contribution in [3.05, 3.63) is 56.7 Å². The van der Waals surface area contributed by atoms with Gasteiger partial charge in [0, 0.05) is 26.3 Å². The second-order valence-electron chi connectivity index (χ2n) is 6.07. The molecule has 29 heavy (non-hydrogen) atoms. The third kappa shape index (κ3) is 5.35. The Bertz CT molecular complexity index is 1010. The van der Waals surface area contributed by atoms with Gasteiger partial charge < -0.3 is 20.5 Å². The van der Waals surface area contributed by atoms with E-state index in [0.29, 0.717) is 19.0 Å². The molecular weight excluding hydrogens is 376 g/mol. The van der Waals surface area contributed by atoms with Crippen LogP contribution in [-0.2, 0) is 22.6 Å². The fraction of sp³-hybridized carbons (Fsp3) is 0.350. The van der Waals surface area contributed by atoms with E-state index in [0.717, 1.165) is 10.1 Å². The van der Waals surface area contributed by atoms with E-state index in [1.54, 1.807) is 45.2 Å². The van der Waals surface area contributed by atoms with Crippen LogP contribution in [-0.4, -0.2) is 35.4 Å². The van der Waals surface area contributed by atoms with Gasteiger partial charge in [0.25, 0.3) is 5.56 Å².